The monoisotopic (exact) mass is 456 g/mol. The molecule has 0 radical (unpaired) electrons. The molecule has 0 saturated carbocycles. The summed E-state index contributed by atoms with van der Waals surface area (Å²) in [4.78, 5) is 12.7. The van der Waals surface area contributed by atoms with E-state index in [0.29, 0.717) is 28.6 Å². The Morgan fingerprint density at radius 2 is 1.81 bits per heavy atom. The molecule has 0 bridgehead atoms. The fourth-order valence-electron chi connectivity index (χ4n) is 3.62. The standard InChI is InChI=1S/C23H21ClN2O4S/c1-30-22-13-12-19(15-20(22)25-23(27)17-8-10-18(24)11-9-17)31(28,29)26-14-4-6-16-5-2-3-7-21(16)26/h2-3,5,7-13,15H,4,6,14H2,1H3,(H,25,27). The zero-order valence-electron chi connectivity index (χ0n) is 16.8. The number of benzene rings is 3. The number of nitrogens with zero attached hydrogens (tertiary/aromatic N) is 1. The molecular weight excluding hydrogens is 436 g/mol. The highest BCUT2D eigenvalue weighted by Crippen LogP contribution is 2.34. The predicted octanol–water partition coefficient (Wildman–Crippen LogP) is 4.74. The first-order chi connectivity index (χ1) is 14.9. The van der Waals surface area contributed by atoms with Crippen LogP contribution < -0.4 is 14.4 Å². The molecule has 1 heterocycles. The van der Waals surface area contributed by atoms with Crippen LogP contribution in [0.25, 0.3) is 0 Å². The summed E-state index contributed by atoms with van der Waals surface area (Å²) in [5, 5.41) is 3.26. The van der Waals surface area contributed by atoms with Gasteiger partial charge in [0, 0.05) is 17.1 Å². The van der Waals surface area contributed by atoms with Crippen molar-refractivity contribution < 1.29 is 17.9 Å². The lowest BCUT2D eigenvalue weighted by Crippen LogP contribution is -2.35. The average molecular weight is 457 g/mol. The van der Waals surface area contributed by atoms with E-state index >= 15 is 0 Å². The van der Waals surface area contributed by atoms with E-state index in [1.807, 2.05) is 24.3 Å². The molecule has 3 aromatic rings. The van der Waals surface area contributed by atoms with Crippen LogP contribution in [0, 0.1) is 0 Å². The van der Waals surface area contributed by atoms with Crippen LogP contribution in [0.1, 0.15) is 22.3 Å². The van der Waals surface area contributed by atoms with Crippen LogP contribution in [0.3, 0.4) is 0 Å². The van der Waals surface area contributed by atoms with Crippen molar-refractivity contribution in [2.75, 3.05) is 23.3 Å². The molecule has 1 aliphatic heterocycles. The summed E-state index contributed by atoms with van der Waals surface area (Å²) in [6.07, 6.45) is 1.58. The summed E-state index contributed by atoms with van der Waals surface area (Å²) in [7, 11) is -2.36. The van der Waals surface area contributed by atoms with Crippen molar-refractivity contribution in [1.82, 2.24) is 0 Å². The lowest BCUT2D eigenvalue weighted by molar-refractivity contribution is 0.102. The molecule has 1 aliphatic rings. The molecule has 4 rings (SSSR count). The van der Waals surface area contributed by atoms with Crippen LogP contribution in [0.4, 0.5) is 11.4 Å². The van der Waals surface area contributed by atoms with E-state index in [4.69, 9.17) is 16.3 Å². The van der Waals surface area contributed by atoms with Gasteiger partial charge in [0.2, 0.25) is 0 Å². The second kappa shape index (κ2) is 8.61. The van der Waals surface area contributed by atoms with E-state index in [-0.39, 0.29) is 10.6 Å². The Morgan fingerprint density at radius 1 is 1.06 bits per heavy atom. The van der Waals surface area contributed by atoms with Gasteiger partial charge < -0.3 is 10.1 Å². The number of rotatable bonds is 5. The van der Waals surface area contributed by atoms with Gasteiger partial charge in [0.25, 0.3) is 15.9 Å². The lowest BCUT2D eigenvalue weighted by Gasteiger charge is -2.30. The van der Waals surface area contributed by atoms with Crippen molar-refractivity contribution in [3.05, 3.63) is 82.9 Å². The molecule has 0 aliphatic carbocycles. The summed E-state index contributed by atoms with van der Waals surface area (Å²) in [5.74, 6) is -0.0341. The van der Waals surface area contributed by atoms with Crippen molar-refractivity contribution in [2.45, 2.75) is 17.7 Å². The first-order valence-electron chi connectivity index (χ1n) is 9.76. The van der Waals surface area contributed by atoms with Crippen molar-refractivity contribution in [1.29, 1.82) is 0 Å². The first-order valence-corrected chi connectivity index (χ1v) is 11.6. The zero-order valence-corrected chi connectivity index (χ0v) is 18.4. The Hall–Kier alpha value is -3.03. The molecule has 6 nitrogen and oxygen atoms in total. The SMILES string of the molecule is COc1ccc(S(=O)(=O)N2CCCc3ccccc32)cc1NC(=O)c1ccc(Cl)cc1. The van der Waals surface area contributed by atoms with E-state index in [1.165, 1.54) is 23.5 Å². The van der Waals surface area contributed by atoms with E-state index in [9.17, 15) is 13.2 Å². The topological polar surface area (TPSA) is 75.7 Å². The molecule has 8 heteroatoms. The molecule has 0 unspecified atom stereocenters. The lowest BCUT2D eigenvalue weighted by atomic mass is 10.0. The van der Waals surface area contributed by atoms with Gasteiger partial charge in [0.1, 0.15) is 5.75 Å². The van der Waals surface area contributed by atoms with Crippen LogP contribution >= 0.6 is 11.6 Å². The summed E-state index contributed by atoms with van der Waals surface area (Å²) in [6, 6.07) is 18.4. The minimum absolute atomic E-state index is 0.0800. The molecule has 31 heavy (non-hydrogen) atoms. The molecule has 0 aromatic heterocycles. The number of carbonyl (C=O) groups is 1. The van der Waals surface area contributed by atoms with Gasteiger partial charge in [-0.3, -0.25) is 9.10 Å². The Labute approximate surface area is 186 Å². The van der Waals surface area contributed by atoms with Gasteiger partial charge in [0.05, 0.1) is 23.4 Å². The number of methoxy groups -OCH3 is 1. The van der Waals surface area contributed by atoms with Gasteiger partial charge in [-0.2, -0.15) is 0 Å². The number of para-hydroxylation sites is 1. The molecule has 0 atom stereocenters. The summed E-state index contributed by atoms with van der Waals surface area (Å²) in [5.41, 5.74) is 2.36. The Morgan fingerprint density at radius 3 is 2.55 bits per heavy atom. The number of sulfonamides is 1. The van der Waals surface area contributed by atoms with Gasteiger partial charge >= 0.3 is 0 Å². The van der Waals surface area contributed by atoms with Crippen LogP contribution in [0.5, 0.6) is 5.75 Å². The van der Waals surface area contributed by atoms with E-state index in [2.05, 4.69) is 5.32 Å². The van der Waals surface area contributed by atoms with Gasteiger partial charge in [-0.15, -0.1) is 0 Å². The average Bonchev–Trinajstić information content (AvgIpc) is 2.79. The number of halogens is 1. The van der Waals surface area contributed by atoms with Gasteiger partial charge in [0.15, 0.2) is 0 Å². The Kier molecular flexibility index (Phi) is 5.89. The molecule has 1 N–H and O–H groups in total. The number of ether oxygens (including phenoxy) is 1. The molecule has 0 spiro atoms. The maximum Gasteiger partial charge on any atom is 0.264 e. The fraction of sp³-hybridized carbons (Fsp3) is 0.174. The second-order valence-electron chi connectivity index (χ2n) is 7.13. The zero-order chi connectivity index (χ0) is 22.0. The van der Waals surface area contributed by atoms with Crippen LogP contribution in [-0.4, -0.2) is 28.0 Å². The predicted molar refractivity (Wildman–Crippen MR) is 122 cm³/mol. The van der Waals surface area contributed by atoms with Crippen LogP contribution in [0.15, 0.2) is 71.6 Å². The van der Waals surface area contributed by atoms with Crippen LogP contribution in [-0.2, 0) is 16.4 Å². The molecule has 0 fully saturated rings. The van der Waals surface area contributed by atoms with Crippen LogP contribution in [0.2, 0.25) is 5.02 Å². The number of fused-ring (bicyclic) bond motifs is 1. The van der Waals surface area contributed by atoms with Crippen molar-refractivity contribution >= 4 is 38.9 Å². The second-order valence-corrected chi connectivity index (χ2v) is 9.43. The molecule has 3 aromatic carbocycles. The third kappa shape index (κ3) is 4.24. The summed E-state index contributed by atoms with van der Waals surface area (Å²) < 4.78 is 33.7. The van der Waals surface area contributed by atoms with E-state index in [1.54, 1.807) is 30.3 Å². The third-order valence-electron chi connectivity index (χ3n) is 5.18. The van der Waals surface area contributed by atoms with Crippen molar-refractivity contribution in [2.24, 2.45) is 0 Å². The highest BCUT2D eigenvalue weighted by Gasteiger charge is 2.29. The number of hydrogen-bond donors (Lipinski definition) is 1. The minimum Gasteiger partial charge on any atom is -0.495 e. The molecular formula is C23H21ClN2O4S. The summed E-state index contributed by atoms with van der Waals surface area (Å²) >= 11 is 5.88. The first kappa shape index (κ1) is 21.2. The number of carbonyl (C=O) groups excluding carboxylic acids is 1. The minimum atomic E-state index is -3.82. The quantitative estimate of drug-likeness (QED) is 0.601. The van der Waals surface area contributed by atoms with Crippen molar-refractivity contribution in [3.63, 3.8) is 0 Å². The molecule has 1 amide bonds. The maximum atomic E-state index is 13.5. The number of hydrogen-bond acceptors (Lipinski definition) is 4. The van der Waals surface area contributed by atoms with E-state index in [0.717, 1.165) is 18.4 Å². The smallest absolute Gasteiger partial charge is 0.264 e. The highest BCUT2D eigenvalue weighted by atomic mass is 35.5. The normalized spacial score (nSPS) is 13.4. The maximum absolute atomic E-state index is 13.5. The van der Waals surface area contributed by atoms with Crippen molar-refractivity contribution in [3.8, 4) is 5.75 Å². The Bertz CT molecular complexity index is 1230. The fourth-order valence-corrected chi connectivity index (χ4v) is 5.31. The van der Waals surface area contributed by atoms with Gasteiger partial charge in [-0.05, 0) is 66.9 Å². The van der Waals surface area contributed by atoms with Gasteiger partial charge in [-0.1, -0.05) is 29.8 Å². The largest absolute Gasteiger partial charge is 0.495 e. The van der Waals surface area contributed by atoms with E-state index < -0.39 is 15.9 Å². The Balaban J connectivity index is 1.69. The molecule has 0 saturated heterocycles. The summed E-state index contributed by atoms with van der Waals surface area (Å²) in [6.45, 7) is 0.401. The highest BCUT2D eigenvalue weighted by molar-refractivity contribution is 7.92. The molecule has 160 valence electrons. The van der Waals surface area contributed by atoms with Gasteiger partial charge in [-0.25, -0.2) is 8.42 Å². The number of amides is 1. The number of anilines is 2. The number of aryl methyl sites for hydroxylation is 1. The number of nitrogens with one attached hydrogen (secondary N) is 1. The third-order valence-corrected chi connectivity index (χ3v) is 7.24.